The van der Waals surface area contributed by atoms with E-state index in [1.165, 1.54) is 7.11 Å². The number of hydrogen-bond acceptors (Lipinski definition) is 4. The fourth-order valence-electron chi connectivity index (χ4n) is 2.66. The van der Waals surface area contributed by atoms with Gasteiger partial charge in [-0.3, -0.25) is 14.5 Å². The number of hydrogen-bond donors (Lipinski definition) is 1. The first-order chi connectivity index (χ1) is 9.24. The number of ether oxygens (including phenoxy) is 1. The summed E-state index contributed by atoms with van der Waals surface area (Å²) in [5.74, 6) is -0.319. The van der Waals surface area contributed by atoms with Crippen LogP contribution in [0.5, 0.6) is 0 Å². The van der Waals surface area contributed by atoms with Gasteiger partial charge in [0.05, 0.1) is 19.7 Å². The van der Waals surface area contributed by atoms with Crippen LogP contribution >= 0.6 is 0 Å². The van der Waals surface area contributed by atoms with Crippen LogP contribution in [-0.4, -0.2) is 48.1 Å². The van der Waals surface area contributed by atoms with Crippen molar-refractivity contribution >= 4 is 11.9 Å². The number of esters is 1. The fourth-order valence-corrected chi connectivity index (χ4v) is 2.66. The average Bonchev–Trinajstić information content (AvgIpc) is 2.86. The number of methoxy groups -OCH3 is 1. The highest BCUT2D eigenvalue weighted by molar-refractivity contribution is 5.83. The van der Waals surface area contributed by atoms with Crippen LogP contribution < -0.4 is 5.32 Å². The van der Waals surface area contributed by atoms with Gasteiger partial charge < -0.3 is 10.1 Å². The number of carbonyl (C=O) groups excluding carboxylic acids is 2. The minimum absolute atomic E-state index is 0.0340. The standard InChI is InChI=1S/C15H28N2O3/c1-11(14(19)16-15(2,3)4)17(10-13(18)20-5)12-8-6-7-9-12/h11-12H,6-10H2,1-5H3,(H,16,19). The summed E-state index contributed by atoms with van der Waals surface area (Å²) in [5, 5.41) is 2.98. The topological polar surface area (TPSA) is 58.6 Å². The van der Waals surface area contributed by atoms with Crippen LogP contribution in [0.4, 0.5) is 0 Å². The van der Waals surface area contributed by atoms with Gasteiger partial charge in [-0.25, -0.2) is 0 Å². The van der Waals surface area contributed by atoms with Crippen molar-refractivity contribution in [1.29, 1.82) is 0 Å². The van der Waals surface area contributed by atoms with Gasteiger partial charge in [0.2, 0.25) is 5.91 Å². The lowest BCUT2D eigenvalue weighted by molar-refractivity contribution is -0.144. The summed E-state index contributed by atoms with van der Waals surface area (Å²) in [6.45, 7) is 7.91. The Kier molecular flexibility index (Phi) is 5.99. The molecule has 5 nitrogen and oxygen atoms in total. The molecule has 0 bridgehead atoms. The molecule has 116 valence electrons. The molecule has 1 aliphatic carbocycles. The van der Waals surface area contributed by atoms with E-state index in [2.05, 4.69) is 5.32 Å². The Hall–Kier alpha value is -1.10. The molecule has 1 N–H and O–H groups in total. The molecule has 0 aromatic carbocycles. The average molecular weight is 284 g/mol. The van der Waals surface area contributed by atoms with Gasteiger partial charge >= 0.3 is 5.97 Å². The van der Waals surface area contributed by atoms with Crippen molar-refractivity contribution < 1.29 is 14.3 Å². The highest BCUT2D eigenvalue weighted by Gasteiger charge is 2.32. The van der Waals surface area contributed by atoms with E-state index in [0.717, 1.165) is 25.7 Å². The molecular weight excluding hydrogens is 256 g/mol. The number of carbonyl (C=O) groups is 2. The third kappa shape index (κ3) is 5.12. The lowest BCUT2D eigenvalue weighted by Gasteiger charge is -2.34. The van der Waals surface area contributed by atoms with Gasteiger partial charge in [0.25, 0.3) is 0 Å². The zero-order chi connectivity index (χ0) is 15.3. The zero-order valence-electron chi connectivity index (χ0n) is 13.4. The molecule has 1 fully saturated rings. The van der Waals surface area contributed by atoms with Crippen molar-refractivity contribution in [2.45, 2.75) is 71.0 Å². The second-order valence-electron chi connectivity index (χ2n) is 6.60. The highest BCUT2D eigenvalue weighted by Crippen LogP contribution is 2.25. The molecule has 0 radical (unpaired) electrons. The Morgan fingerprint density at radius 3 is 2.30 bits per heavy atom. The third-order valence-electron chi connectivity index (χ3n) is 3.71. The van der Waals surface area contributed by atoms with Crippen LogP contribution in [-0.2, 0) is 14.3 Å². The molecule has 1 rings (SSSR count). The third-order valence-corrected chi connectivity index (χ3v) is 3.71. The molecule has 1 saturated carbocycles. The smallest absolute Gasteiger partial charge is 0.319 e. The summed E-state index contributed by atoms with van der Waals surface area (Å²) < 4.78 is 4.76. The SMILES string of the molecule is COC(=O)CN(C1CCCC1)C(C)C(=O)NC(C)(C)C. The number of nitrogens with one attached hydrogen (secondary N) is 1. The predicted octanol–water partition coefficient (Wildman–Crippen LogP) is 1.71. The number of amides is 1. The molecule has 0 spiro atoms. The molecule has 1 amide bonds. The zero-order valence-corrected chi connectivity index (χ0v) is 13.4. The predicted molar refractivity (Wildman–Crippen MR) is 78.3 cm³/mol. The van der Waals surface area contributed by atoms with Gasteiger partial charge in [-0.05, 0) is 40.5 Å². The maximum absolute atomic E-state index is 12.3. The van der Waals surface area contributed by atoms with E-state index < -0.39 is 0 Å². The normalized spacial score (nSPS) is 18.1. The van der Waals surface area contributed by atoms with Crippen molar-refractivity contribution in [3.05, 3.63) is 0 Å². The second kappa shape index (κ2) is 7.07. The Labute approximate surface area is 122 Å². The Morgan fingerprint density at radius 2 is 1.85 bits per heavy atom. The van der Waals surface area contributed by atoms with E-state index in [1.54, 1.807) is 0 Å². The fraction of sp³-hybridized carbons (Fsp3) is 0.867. The largest absolute Gasteiger partial charge is 0.468 e. The number of nitrogens with zero attached hydrogens (tertiary/aromatic N) is 1. The lowest BCUT2D eigenvalue weighted by atomic mass is 10.1. The van der Waals surface area contributed by atoms with E-state index in [-0.39, 0.29) is 30.0 Å². The van der Waals surface area contributed by atoms with Crippen LogP contribution in [0.2, 0.25) is 0 Å². The maximum atomic E-state index is 12.3. The molecule has 1 aliphatic rings. The van der Waals surface area contributed by atoms with Gasteiger partial charge in [-0.2, -0.15) is 0 Å². The first kappa shape index (κ1) is 17.0. The van der Waals surface area contributed by atoms with E-state index in [0.29, 0.717) is 6.04 Å². The van der Waals surface area contributed by atoms with Crippen LogP contribution in [0.3, 0.4) is 0 Å². The maximum Gasteiger partial charge on any atom is 0.319 e. The minimum atomic E-state index is -0.323. The van der Waals surface area contributed by atoms with Crippen molar-refractivity contribution in [3.63, 3.8) is 0 Å². The Morgan fingerprint density at radius 1 is 1.30 bits per heavy atom. The van der Waals surface area contributed by atoms with E-state index in [4.69, 9.17) is 4.74 Å². The molecular formula is C15H28N2O3. The van der Waals surface area contributed by atoms with E-state index >= 15 is 0 Å². The van der Waals surface area contributed by atoms with Crippen molar-refractivity contribution in [2.24, 2.45) is 0 Å². The van der Waals surface area contributed by atoms with Gasteiger partial charge in [-0.15, -0.1) is 0 Å². The van der Waals surface area contributed by atoms with E-state index in [1.807, 2.05) is 32.6 Å². The Bertz CT molecular complexity index is 344. The molecule has 0 aromatic rings. The van der Waals surface area contributed by atoms with Crippen molar-refractivity contribution in [3.8, 4) is 0 Å². The van der Waals surface area contributed by atoms with Crippen LogP contribution in [0.25, 0.3) is 0 Å². The van der Waals surface area contributed by atoms with Crippen LogP contribution in [0.15, 0.2) is 0 Å². The van der Waals surface area contributed by atoms with Gasteiger partial charge in [0.15, 0.2) is 0 Å². The second-order valence-corrected chi connectivity index (χ2v) is 6.60. The van der Waals surface area contributed by atoms with Gasteiger partial charge in [-0.1, -0.05) is 12.8 Å². The minimum Gasteiger partial charge on any atom is -0.468 e. The van der Waals surface area contributed by atoms with E-state index in [9.17, 15) is 9.59 Å². The first-order valence-electron chi connectivity index (χ1n) is 7.39. The molecule has 20 heavy (non-hydrogen) atoms. The molecule has 0 heterocycles. The highest BCUT2D eigenvalue weighted by atomic mass is 16.5. The Balaban J connectivity index is 2.75. The number of rotatable bonds is 5. The molecule has 0 aliphatic heterocycles. The molecule has 1 atom stereocenters. The molecule has 5 heteroatoms. The summed E-state index contributed by atoms with van der Waals surface area (Å²) in [5.41, 5.74) is -0.266. The summed E-state index contributed by atoms with van der Waals surface area (Å²) in [6, 6.07) is -0.0220. The van der Waals surface area contributed by atoms with Crippen molar-refractivity contribution in [2.75, 3.05) is 13.7 Å². The first-order valence-corrected chi connectivity index (χ1v) is 7.39. The summed E-state index contributed by atoms with van der Waals surface area (Å²) in [6.07, 6.45) is 4.42. The summed E-state index contributed by atoms with van der Waals surface area (Å²) in [7, 11) is 1.38. The van der Waals surface area contributed by atoms with Crippen LogP contribution in [0, 0.1) is 0 Å². The lowest BCUT2D eigenvalue weighted by Crippen LogP contribution is -2.54. The van der Waals surface area contributed by atoms with Crippen LogP contribution in [0.1, 0.15) is 53.4 Å². The van der Waals surface area contributed by atoms with Gasteiger partial charge in [0, 0.05) is 11.6 Å². The molecule has 0 aromatic heterocycles. The monoisotopic (exact) mass is 284 g/mol. The quantitative estimate of drug-likeness (QED) is 0.781. The summed E-state index contributed by atoms with van der Waals surface area (Å²) >= 11 is 0. The molecule has 1 unspecified atom stereocenters. The molecule has 0 saturated heterocycles. The van der Waals surface area contributed by atoms with Crippen molar-refractivity contribution in [1.82, 2.24) is 10.2 Å². The van der Waals surface area contributed by atoms with Gasteiger partial charge in [0.1, 0.15) is 0 Å². The summed E-state index contributed by atoms with van der Waals surface area (Å²) in [4.78, 5) is 25.9.